The van der Waals surface area contributed by atoms with E-state index in [0.29, 0.717) is 6.54 Å². The number of rotatable bonds is 3. The molecule has 0 unspecified atom stereocenters. The molecule has 0 spiro atoms. The monoisotopic (exact) mass is 257 g/mol. The maximum absolute atomic E-state index is 4.44. The van der Waals surface area contributed by atoms with Crippen LogP contribution in [0.3, 0.4) is 0 Å². The predicted octanol–water partition coefficient (Wildman–Crippen LogP) is 2.39. The lowest BCUT2D eigenvalue weighted by Crippen LogP contribution is -2.05. The number of nitrogens with zero attached hydrogens (tertiary/aromatic N) is 3. The molecule has 2 N–H and O–H groups in total. The number of anilines is 1. The van der Waals surface area contributed by atoms with Gasteiger partial charge in [-0.2, -0.15) is 5.10 Å². The highest BCUT2D eigenvalue weighted by Crippen LogP contribution is 2.22. The normalized spacial score (nSPS) is 14.8. The molecule has 0 atom stereocenters. The van der Waals surface area contributed by atoms with E-state index in [1.54, 1.807) is 12.4 Å². The molecule has 0 radical (unpaired) electrons. The molecule has 2 heterocycles. The molecule has 0 aromatic carbocycles. The molecule has 2 aromatic heterocycles. The van der Waals surface area contributed by atoms with Crippen LogP contribution in [0.5, 0.6) is 0 Å². The minimum absolute atomic E-state index is 0.712. The lowest BCUT2D eigenvalue weighted by molar-refractivity contribution is 0.699. The Bertz CT molecular complexity index is 561. The summed E-state index contributed by atoms with van der Waals surface area (Å²) in [4.78, 5) is 8.53. The van der Waals surface area contributed by atoms with Crippen molar-refractivity contribution >= 4 is 5.82 Å². The maximum atomic E-state index is 4.44. The van der Waals surface area contributed by atoms with Gasteiger partial charge in [0.2, 0.25) is 0 Å². The zero-order valence-electron chi connectivity index (χ0n) is 11.2. The standard InChI is InChI=1S/C14H19N5/c1-10-7-15-9-14(17-10)16-8-13-11-5-3-2-4-6-12(11)18-19-13/h7,9H,2-6,8H2,1H3,(H,16,17)(H,18,19). The first-order valence-electron chi connectivity index (χ1n) is 6.90. The van der Waals surface area contributed by atoms with Crippen molar-refractivity contribution in [2.75, 3.05) is 5.32 Å². The van der Waals surface area contributed by atoms with E-state index in [0.717, 1.165) is 30.0 Å². The van der Waals surface area contributed by atoms with Gasteiger partial charge in [0.25, 0.3) is 0 Å². The Kier molecular flexibility index (Phi) is 3.44. The van der Waals surface area contributed by atoms with E-state index in [9.17, 15) is 0 Å². The summed E-state index contributed by atoms with van der Waals surface area (Å²) in [5, 5.41) is 10.9. The molecule has 2 aromatic rings. The Labute approximate surface area is 112 Å². The number of hydrogen-bond acceptors (Lipinski definition) is 4. The van der Waals surface area contributed by atoms with Crippen LogP contribution < -0.4 is 5.32 Å². The van der Waals surface area contributed by atoms with E-state index in [1.807, 2.05) is 6.92 Å². The van der Waals surface area contributed by atoms with Crippen LogP contribution in [0, 0.1) is 6.92 Å². The summed E-state index contributed by atoms with van der Waals surface area (Å²) < 4.78 is 0. The molecule has 19 heavy (non-hydrogen) atoms. The van der Waals surface area contributed by atoms with Crippen LogP contribution in [0.25, 0.3) is 0 Å². The molecule has 0 saturated heterocycles. The number of nitrogens with one attached hydrogen (secondary N) is 2. The second-order valence-electron chi connectivity index (χ2n) is 5.09. The number of aryl methyl sites for hydroxylation is 2. The summed E-state index contributed by atoms with van der Waals surface area (Å²) in [6, 6.07) is 0. The van der Waals surface area contributed by atoms with Crippen molar-refractivity contribution in [1.82, 2.24) is 20.2 Å². The highest BCUT2D eigenvalue weighted by molar-refractivity contribution is 5.35. The van der Waals surface area contributed by atoms with E-state index in [-0.39, 0.29) is 0 Å². The van der Waals surface area contributed by atoms with Crippen molar-refractivity contribution in [2.24, 2.45) is 0 Å². The van der Waals surface area contributed by atoms with Crippen LogP contribution in [0.15, 0.2) is 12.4 Å². The third-order valence-electron chi connectivity index (χ3n) is 3.58. The van der Waals surface area contributed by atoms with Crippen LogP contribution in [-0.2, 0) is 19.4 Å². The number of hydrogen-bond donors (Lipinski definition) is 2. The summed E-state index contributed by atoms with van der Waals surface area (Å²) in [5.41, 5.74) is 4.78. The van der Waals surface area contributed by atoms with Crippen molar-refractivity contribution < 1.29 is 0 Å². The summed E-state index contributed by atoms with van der Waals surface area (Å²) in [7, 11) is 0. The molecular formula is C14H19N5. The van der Waals surface area contributed by atoms with Gasteiger partial charge in [0, 0.05) is 11.9 Å². The number of H-pyrrole nitrogens is 1. The first-order chi connectivity index (χ1) is 9.33. The first-order valence-corrected chi connectivity index (χ1v) is 6.90. The van der Waals surface area contributed by atoms with E-state index in [2.05, 4.69) is 25.5 Å². The van der Waals surface area contributed by atoms with Gasteiger partial charge in [-0.3, -0.25) is 10.1 Å². The van der Waals surface area contributed by atoms with Crippen LogP contribution in [0.4, 0.5) is 5.82 Å². The molecule has 100 valence electrons. The number of aromatic amines is 1. The lowest BCUT2D eigenvalue weighted by Gasteiger charge is -2.05. The van der Waals surface area contributed by atoms with E-state index in [1.165, 1.54) is 30.5 Å². The van der Waals surface area contributed by atoms with Gasteiger partial charge in [0.1, 0.15) is 5.82 Å². The summed E-state index contributed by atoms with van der Waals surface area (Å²) in [6.45, 7) is 2.66. The molecule has 5 nitrogen and oxygen atoms in total. The van der Waals surface area contributed by atoms with Crippen molar-refractivity contribution in [3.05, 3.63) is 35.0 Å². The molecule has 1 aliphatic rings. The Morgan fingerprint density at radius 1 is 1.21 bits per heavy atom. The smallest absolute Gasteiger partial charge is 0.145 e. The van der Waals surface area contributed by atoms with Crippen LogP contribution in [0.2, 0.25) is 0 Å². The molecule has 0 bridgehead atoms. The van der Waals surface area contributed by atoms with Gasteiger partial charge in [0.15, 0.2) is 0 Å². The molecule has 0 aliphatic heterocycles. The van der Waals surface area contributed by atoms with Gasteiger partial charge >= 0.3 is 0 Å². The second-order valence-corrected chi connectivity index (χ2v) is 5.09. The Hall–Kier alpha value is -1.91. The van der Waals surface area contributed by atoms with Crippen LogP contribution in [0.1, 0.15) is 41.9 Å². The average molecular weight is 257 g/mol. The highest BCUT2D eigenvalue weighted by Gasteiger charge is 2.15. The fourth-order valence-electron chi connectivity index (χ4n) is 2.60. The molecule has 5 heteroatoms. The van der Waals surface area contributed by atoms with Gasteiger partial charge in [-0.05, 0) is 38.2 Å². The van der Waals surface area contributed by atoms with Crippen molar-refractivity contribution in [3.63, 3.8) is 0 Å². The van der Waals surface area contributed by atoms with Gasteiger partial charge in [-0.25, -0.2) is 4.98 Å². The van der Waals surface area contributed by atoms with Crippen molar-refractivity contribution in [3.8, 4) is 0 Å². The van der Waals surface area contributed by atoms with Crippen molar-refractivity contribution in [1.29, 1.82) is 0 Å². The topological polar surface area (TPSA) is 66.5 Å². The SMILES string of the molecule is Cc1cncc(NCc2n[nH]c3c2CCCCC3)n1. The summed E-state index contributed by atoms with van der Waals surface area (Å²) in [5.74, 6) is 0.811. The van der Waals surface area contributed by atoms with E-state index < -0.39 is 0 Å². The second kappa shape index (κ2) is 5.38. The zero-order valence-corrected chi connectivity index (χ0v) is 11.2. The Morgan fingerprint density at radius 2 is 2.11 bits per heavy atom. The van der Waals surface area contributed by atoms with Crippen LogP contribution >= 0.6 is 0 Å². The van der Waals surface area contributed by atoms with Gasteiger partial charge < -0.3 is 5.32 Å². The minimum Gasteiger partial charge on any atom is -0.363 e. The van der Waals surface area contributed by atoms with Gasteiger partial charge in [-0.1, -0.05) is 6.42 Å². The molecular weight excluding hydrogens is 238 g/mol. The van der Waals surface area contributed by atoms with Gasteiger partial charge in [0.05, 0.1) is 24.1 Å². The fraction of sp³-hybridized carbons (Fsp3) is 0.500. The summed E-state index contributed by atoms with van der Waals surface area (Å²) >= 11 is 0. The predicted molar refractivity (Wildman–Crippen MR) is 73.9 cm³/mol. The molecule has 1 aliphatic carbocycles. The fourth-order valence-corrected chi connectivity index (χ4v) is 2.60. The average Bonchev–Trinajstić information content (AvgIpc) is 2.64. The lowest BCUT2D eigenvalue weighted by atomic mass is 10.1. The quantitative estimate of drug-likeness (QED) is 0.829. The number of aromatic nitrogens is 4. The largest absolute Gasteiger partial charge is 0.363 e. The molecule has 0 saturated carbocycles. The Balaban J connectivity index is 1.72. The third kappa shape index (κ3) is 2.75. The van der Waals surface area contributed by atoms with E-state index in [4.69, 9.17) is 0 Å². The molecule has 0 fully saturated rings. The maximum Gasteiger partial charge on any atom is 0.145 e. The first kappa shape index (κ1) is 12.1. The zero-order chi connectivity index (χ0) is 13.1. The minimum atomic E-state index is 0.712. The van der Waals surface area contributed by atoms with E-state index >= 15 is 0 Å². The van der Waals surface area contributed by atoms with Crippen LogP contribution in [-0.4, -0.2) is 20.2 Å². The third-order valence-corrected chi connectivity index (χ3v) is 3.58. The van der Waals surface area contributed by atoms with Gasteiger partial charge in [-0.15, -0.1) is 0 Å². The highest BCUT2D eigenvalue weighted by atomic mass is 15.1. The molecule has 3 rings (SSSR count). The molecule has 0 amide bonds. The Morgan fingerprint density at radius 3 is 3.00 bits per heavy atom. The van der Waals surface area contributed by atoms with Crippen molar-refractivity contribution in [2.45, 2.75) is 45.6 Å². The number of fused-ring (bicyclic) bond motifs is 1. The summed E-state index contributed by atoms with van der Waals surface area (Å²) in [6.07, 6.45) is 9.63.